The quantitative estimate of drug-likeness (QED) is 0.355. The normalized spacial score (nSPS) is 11.9. The molecule has 6 heteroatoms. The van der Waals surface area contributed by atoms with Gasteiger partial charge in [-0.1, -0.05) is 0 Å². The van der Waals surface area contributed by atoms with Crippen LogP contribution in [0.5, 0.6) is 0 Å². The molecule has 0 atom stereocenters. The average molecular weight is 436 g/mol. The molecule has 0 aliphatic heterocycles. The van der Waals surface area contributed by atoms with Crippen LogP contribution in [0.4, 0.5) is 0 Å². The summed E-state index contributed by atoms with van der Waals surface area (Å²) in [7, 11) is 0. The first kappa shape index (κ1) is 22.2. The molecule has 0 aliphatic carbocycles. The lowest BCUT2D eigenvalue weighted by molar-refractivity contribution is 0.181. The van der Waals surface area contributed by atoms with Crippen molar-refractivity contribution in [1.82, 2.24) is 15.5 Å². The highest BCUT2D eigenvalue weighted by Gasteiger charge is 2.12. The highest BCUT2D eigenvalue weighted by molar-refractivity contribution is 14.0. The van der Waals surface area contributed by atoms with Crippen LogP contribution in [0.2, 0.25) is 0 Å². The molecule has 0 fully saturated rings. The van der Waals surface area contributed by atoms with E-state index in [-0.39, 0.29) is 24.0 Å². The number of nitrogens with one attached hydrogen (secondary N) is 2. The smallest absolute Gasteiger partial charge is 0.191 e. The molecule has 5 nitrogen and oxygen atoms in total. The average Bonchev–Trinajstić information content (AvgIpc) is 2.95. The van der Waals surface area contributed by atoms with E-state index in [0.717, 1.165) is 44.3 Å². The van der Waals surface area contributed by atoms with E-state index in [2.05, 4.69) is 55.1 Å². The Hall–Kier alpha value is -0.760. The first-order valence-electron chi connectivity index (χ1n) is 8.34. The number of furan rings is 1. The number of hydrogen-bond acceptors (Lipinski definition) is 3. The van der Waals surface area contributed by atoms with Gasteiger partial charge in [-0.15, -0.1) is 24.0 Å². The highest BCUT2D eigenvalue weighted by atomic mass is 127. The first-order chi connectivity index (χ1) is 10.5. The maximum Gasteiger partial charge on any atom is 0.191 e. The topological polar surface area (TPSA) is 52.8 Å². The SMILES string of the molecule is CCNC(=NCCN(C(C)C)C(C)C)NCCc1ccco1.I. The van der Waals surface area contributed by atoms with E-state index in [1.807, 2.05) is 12.1 Å². The van der Waals surface area contributed by atoms with E-state index < -0.39 is 0 Å². The van der Waals surface area contributed by atoms with Gasteiger partial charge in [-0.2, -0.15) is 0 Å². The zero-order valence-corrected chi connectivity index (χ0v) is 17.5. The lowest BCUT2D eigenvalue weighted by Gasteiger charge is -2.29. The highest BCUT2D eigenvalue weighted by Crippen LogP contribution is 2.04. The second-order valence-corrected chi connectivity index (χ2v) is 5.94. The molecule has 1 aromatic rings. The lowest BCUT2D eigenvalue weighted by atomic mass is 10.2. The molecule has 0 unspecified atom stereocenters. The van der Waals surface area contributed by atoms with Crippen molar-refractivity contribution >= 4 is 29.9 Å². The first-order valence-corrected chi connectivity index (χ1v) is 8.34. The van der Waals surface area contributed by atoms with Gasteiger partial charge in [0.1, 0.15) is 5.76 Å². The minimum absolute atomic E-state index is 0. The zero-order chi connectivity index (χ0) is 16.4. The Kier molecular flexibility index (Phi) is 12.2. The van der Waals surface area contributed by atoms with Gasteiger partial charge in [0.25, 0.3) is 0 Å². The molecule has 1 aromatic heterocycles. The van der Waals surface area contributed by atoms with Gasteiger partial charge in [-0.3, -0.25) is 9.89 Å². The molecule has 0 amide bonds. The summed E-state index contributed by atoms with van der Waals surface area (Å²) in [5, 5.41) is 6.64. The van der Waals surface area contributed by atoms with Crippen LogP contribution in [-0.2, 0) is 6.42 Å². The number of aliphatic imine (C=N–C) groups is 1. The van der Waals surface area contributed by atoms with Crippen molar-refractivity contribution in [2.45, 2.75) is 53.1 Å². The number of rotatable bonds is 9. The molecule has 2 N–H and O–H groups in total. The van der Waals surface area contributed by atoms with Gasteiger partial charge in [0.05, 0.1) is 12.8 Å². The molecule has 0 bridgehead atoms. The third-order valence-electron chi connectivity index (χ3n) is 3.54. The number of hydrogen-bond donors (Lipinski definition) is 2. The van der Waals surface area contributed by atoms with Crippen LogP contribution in [-0.4, -0.2) is 49.1 Å². The maximum absolute atomic E-state index is 5.33. The predicted molar refractivity (Wildman–Crippen MR) is 109 cm³/mol. The van der Waals surface area contributed by atoms with Crippen LogP contribution < -0.4 is 10.6 Å². The molecule has 0 aromatic carbocycles. The van der Waals surface area contributed by atoms with Gasteiger partial charge in [-0.05, 0) is 46.8 Å². The molecule has 0 aliphatic rings. The molecule has 1 heterocycles. The lowest BCUT2D eigenvalue weighted by Crippen LogP contribution is -2.41. The fourth-order valence-electron chi connectivity index (χ4n) is 2.49. The Bertz CT molecular complexity index is 410. The Morgan fingerprint density at radius 3 is 2.43 bits per heavy atom. The van der Waals surface area contributed by atoms with Gasteiger partial charge >= 0.3 is 0 Å². The van der Waals surface area contributed by atoms with Crippen molar-refractivity contribution in [3.63, 3.8) is 0 Å². The van der Waals surface area contributed by atoms with Gasteiger partial charge in [0, 0.05) is 38.1 Å². The van der Waals surface area contributed by atoms with E-state index in [4.69, 9.17) is 4.42 Å². The van der Waals surface area contributed by atoms with Gasteiger partial charge < -0.3 is 15.1 Å². The summed E-state index contributed by atoms with van der Waals surface area (Å²) in [4.78, 5) is 7.11. The molecule has 1 rings (SSSR count). The third kappa shape index (κ3) is 9.20. The molecular weight excluding hydrogens is 403 g/mol. The van der Waals surface area contributed by atoms with E-state index >= 15 is 0 Å². The van der Waals surface area contributed by atoms with Crippen LogP contribution in [0.25, 0.3) is 0 Å². The van der Waals surface area contributed by atoms with Gasteiger partial charge in [0.2, 0.25) is 0 Å². The molecule has 0 saturated heterocycles. The van der Waals surface area contributed by atoms with Crippen LogP contribution in [0.15, 0.2) is 27.8 Å². The Labute approximate surface area is 158 Å². The van der Waals surface area contributed by atoms with Crippen LogP contribution in [0.1, 0.15) is 40.4 Å². The fourth-order valence-corrected chi connectivity index (χ4v) is 2.49. The summed E-state index contributed by atoms with van der Waals surface area (Å²) in [6, 6.07) is 5.00. The monoisotopic (exact) mass is 436 g/mol. The summed E-state index contributed by atoms with van der Waals surface area (Å²) < 4.78 is 5.33. The molecular formula is C17H33IN4O. The van der Waals surface area contributed by atoms with E-state index in [0.29, 0.717) is 12.1 Å². The van der Waals surface area contributed by atoms with E-state index in [9.17, 15) is 0 Å². The molecule has 0 radical (unpaired) electrons. The zero-order valence-electron chi connectivity index (χ0n) is 15.1. The number of nitrogens with zero attached hydrogens (tertiary/aromatic N) is 2. The van der Waals surface area contributed by atoms with Crippen molar-refractivity contribution < 1.29 is 4.42 Å². The second kappa shape index (κ2) is 12.6. The molecule has 134 valence electrons. The fraction of sp³-hybridized carbons (Fsp3) is 0.706. The van der Waals surface area contributed by atoms with Crippen molar-refractivity contribution in [1.29, 1.82) is 0 Å². The van der Waals surface area contributed by atoms with Crippen molar-refractivity contribution in [2.24, 2.45) is 4.99 Å². The second-order valence-electron chi connectivity index (χ2n) is 5.94. The van der Waals surface area contributed by atoms with Crippen molar-refractivity contribution in [2.75, 3.05) is 26.2 Å². The third-order valence-corrected chi connectivity index (χ3v) is 3.54. The molecule has 23 heavy (non-hydrogen) atoms. The van der Waals surface area contributed by atoms with Gasteiger partial charge in [0.15, 0.2) is 5.96 Å². The number of halogens is 1. The molecule has 0 spiro atoms. The van der Waals surface area contributed by atoms with Crippen LogP contribution >= 0.6 is 24.0 Å². The summed E-state index contributed by atoms with van der Waals surface area (Å²) in [6.45, 7) is 14.5. The maximum atomic E-state index is 5.33. The van der Waals surface area contributed by atoms with Crippen molar-refractivity contribution in [3.05, 3.63) is 24.2 Å². The number of guanidine groups is 1. The predicted octanol–water partition coefficient (Wildman–Crippen LogP) is 3.11. The van der Waals surface area contributed by atoms with E-state index in [1.54, 1.807) is 6.26 Å². The van der Waals surface area contributed by atoms with Gasteiger partial charge in [-0.25, -0.2) is 0 Å². The largest absolute Gasteiger partial charge is 0.469 e. The standard InChI is InChI=1S/C17H32N4O.HI/c1-6-18-17(19-10-9-16-8-7-13-22-16)20-11-12-21(14(2)3)15(4)5;/h7-8,13-15H,6,9-12H2,1-5H3,(H2,18,19,20);1H. The van der Waals surface area contributed by atoms with Crippen LogP contribution in [0.3, 0.4) is 0 Å². The summed E-state index contributed by atoms with van der Waals surface area (Å²) in [6.07, 6.45) is 2.57. The summed E-state index contributed by atoms with van der Waals surface area (Å²) >= 11 is 0. The Morgan fingerprint density at radius 2 is 1.91 bits per heavy atom. The summed E-state index contributed by atoms with van der Waals surface area (Å²) in [5.41, 5.74) is 0. The Morgan fingerprint density at radius 1 is 1.22 bits per heavy atom. The van der Waals surface area contributed by atoms with E-state index in [1.165, 1.54) is 0 Å². The van der Waals surface area contributed by atoms with Crippen molar-refractivity contribution in [3.8, 4) is 0 Å². The minimum Gasteiger partial charge on any atom is -0.469 e. The van der Waals surface area contributed by atoms with Crippen LogP contribution in [0, 0.1) is 0 Å². The minimum atomic E-state index is 0. The Balaban J connectivity index is 0.00000484. The molecule has 0 saturated carbocycles. The summed E-state index contributed by atoms with van der Waals surface area (Å²) in [5.74, 6) is 1.87.